The van der Waals surface area contributed by atoms with Gasteiger partial charge in [-0.2, -0.15) is 0 Å². The molecular weight excluding hydrogens is 442 g/mol. The summed E-state index contributed by atoms with van der Waals surface area (Å²) in [7, 11) is 1.36. The van der Waals surface area contributed by atoms with Crippen LogP contribution in [0.2, 0.25) is 5.02 Å². The fraction of sp³-hybridized carbons (Fsp3) is 0.231. The summed E-state index contributed by atoms with van der Waals surface area (Å²) in [5, 5.41) is 12.5. The molecule has 0 fully saturated rings. The van der Waals surface area contributed by atoms with E-state index in [-0.39, 0.29) is 25.0 Å². The average molecular weight is 470 g/mol. The zero-order valence-corrected chi connectivity index (χ0v) is 19.4. The lowest BCUT2D eigenvalue weighted by Gasteiger charge is -2.15. The molecule has 0 aromatic heterocycles. The number of benzene rings is 3. The van der Waals surface area contributed by atoms with Crippen molar-refractivity contribution >= 4 is 23.5 Å². The van der Waals surface area contributed by atoms with Crippen LogP contribution in [0.3, 0.4) is 0 Å². The van der Waals surface area contributed by atoms with Crippen molar-refractivity contribution in [3.05, 3.63) is 101 Å². The van der Waals surface area contributed by atoms with Crippen LogP contribution in [0.5, 0.6) is 5.75 Å². The Balaban J connectivity index is 0.000000554. The van der Waals surface area contributed by atoms with Gasteiger partial charge < -0.3 is 19.9 Å². The first-order chi connectivity index (χ1) is 15.9. The van der Waals surface area contributed by atoms with E-state index in [1.165, 1.54) is 7.11 Å². The van der Waals surface area contributed by atoms with Crippen LogP contribution < -0.4 is 10.1 Å². The summed E-state index contributed by atoms with van der Waals surface area (Å²) in [6.07, 6.45) is -0.637. The van der Waals surface area contributed by atoms with Gasteiger partial charge in [0.05, 0.1) is 6.04 Å². The number of ether oxygens (including phenoxy) is 2. The first-order valence-corrected chi connectivity index (χ1v) is 10.8. The van der Waals surface area contributed by atoms with Crippen molar-refractivity contribution in [2.75, 3.05) is 13.7 Å². The van der Waals surface area contributed by atoms with Crippen LogP contribution in [0.25, 0.3) is 0 Å². The standard InChI is InChI=1S/C20H22ClNO5.C6H6/c1-13(15-5-7-16(21)8-6-15)22-19(23)12-27-17-9-3-14(4-10-17)11-18(26-2)20(24)25;1-2-4-6-5-3-1/h3-10,13,18H,11-12H2,1-2H3,(H,22,23)(H,24,25);1-6H. The summed E-state index contributed by atoms with van der Waals surface area (Å²) in [4.78, 5) is 23.0. The SMILES string of the molecule is COC(Cc1ccc(OCC(=O)NC(C)c2ccc(Cl)cc2)cc1)C(=O)O.c1ccccc1. The quantitative estimate of drug-likeness (QED) is 0.464. The lowest BCUT2D eigenvalue weighted by atomic mass is 10.1. The molecular formula is C26H28ClNO5. The van der Waals surface area contributed by atoms with Crippen LogP contribution in [-0.4, -0.2) is 36.8 Å². The minimum atomic E-state index is -1.01. The van der Waals surface area contributed by atoms with Crippen molar-refractivity contribution in [1.82, 2.24) is 5.32 Å². The summed E-state index contributed by atoms with van der Waals surface area (Å²) < 4.78 is 10.4. The van der Waals surface area contributed by atoms with Crippen molar-refractivity contribution < 1.29 is 24.2 Å². The lowest BCUT2D eigenvalue weighted by molar-refractivity contribution is -0.148. The molecule has 33 heavy (non-hydrogen) atoms. The van der Waals surface area contributed by atoms with Crippen LogP contribution in [0.1, 0.15) is 24.1 Å². The third kappa shape index (κ3) is 9.76. The van der Waals surface area contributed by atoms with Gasteiger partial charge in [-0.15, -0.1) is 0 Å². The van der Waals surface area contributed by atoms with Crippen molar-refractivity contribution in [2.24, 2.45) is 0 Å². The fourth-order valence-electron chi connectivity index (χ4n) is 2.86. The largest absolute Gasteiger partial charge is 0.484 e. The van der Waals surface area contributed by atoms with Gasteiger partial charge in [-0.05, 0) is 42.3 Å². The molecule has 7 heteroatoms. The smallest absolute Gasteiger partial charge is 0.333 e. The molecule has 0 heterocycles. The molecule has 0 saturated heterocycles. The molecule has 174 valence electrons. The van der Waals surface area contributed by atoms with E-state index in [4.69, 9.17) is 26.2 Å². The molecule has 2 N–H and O–H groups in total. The third-order valence-electron chi connectivity index (χ3n) is 4.69. The summed E-state index contributed by atoms with van der Waals surface area (Å²) in [6.45, 7) is 1.76. The average Bonchev–Trinajstić information content (AvgIpc) is 2.83. The van der Waals surface area contributed by atoms with Gasteiger partial charge in [-0.25, -0.2) is 4.79 Å². The number of nitrogens with one attached hydrogen (secondary N) is 1. The van der Waals surface area contributed by atoms with E-state index in [1.54, 1.807) is 36.4 Å². The molecule has 1 amide bonds. The molecule has 6 nitrogen and oxygen atoms in total. The molecule has 0 aliphatic heterocycles. The predicted molar refractivity (Wildman–Crippen MR) is 129 cm³/mol. The number of rotatable bonds is 9. The number of aliphatic carboxylic acids is 1. The number of carboxylic acids is 1. The molecule has 0 aliphatic rings. The minimum Gasteiger partial charge on any atom is -0.484 e. The van der Waals surface area contributed by atoms with E-state index in [0.29, 0.717) is 10.8 Å². The van der Waals surface area contributed by atoms with Crippen LogP contribution >= 0.6 is 11.6 Å². The second kappa shape index (κ2) is 13.9. The van der Waals surface area contributed by atoms with E-state index < -0.39 is 12.1 Å². The van der Waals surface area contributed by atoms with E-state index in [0.717, 1.165) is 11.1 Å². The van der Waals surface area contributed by atoms with Crippen molar-refractivity contribution in [2.45, 2.75) is 25.5 Å². The van der Waals surface area contributed by atoms with Gasteiger partial charge in [0.1, 0.15) is 5.75 Å². The van der Waals surface area contributed by atoms with E-state index in [1.807, 2.05) is 55.5 Å². The minimum absolute atomic E-state index is 0.118. The molecule has 2 atom stereocenters. The summed E-state index contributed by atoms with van der Waals surface area (Å²) >= 11 is 5.86. The summed E-state index contributed by atoms with van der Waals surface area (Å²) in [6, 6.07) is 26.0. The Bertz CT molecular complexity index is 951. The zero-order valence-electron chi connectivity index (χ0n) is 18.6. The van der Waals surface area contributed by atoms with Gasteiger partial charge in [-0.3, -0.25) is 4.79 Å². The Morgan fingerprint density at radius 2 is 1.48 bits per heavy atom. The number of amides is 1. The van der Waals surface area contributed by atoms with Crippen molar-refractivity contribution in [3.8, 4) is 5.75 Å². The highest BCUT2D eigenvalue weighted by atomic mass is 35.5. The van der Waals surface area contributed by atoms with Gasteiger partial charge in [0.2, 0.25) is 0 Å². The molecule has 0 radical (unpaired) electrons. The Hall–Kier alpha value is -3.35. The number of carbonyl (C=O) groups excluding carboxylic acids is 1. The normalized spacial score (nSPS) is 12.0. The first kappa shape index (κ1) is 25.9. The van der Waals surface area contributed by atoms with Crippen LogP contribution in [-0.2, 0) is 20.7 Å². The van der Waals surface area contributed by atoms with E-state index >= 15 is 0 Å². The van der Waals surface area contributed by atoms with Crippen LogP contribution in [0, 0.1) is 0 Å². The number of methoxy groups -OCH3 is 1. The Kier molecular flexibility index (Phi) is 10.9. The monoisotopic (exact) mass is 469 g/mol. The molecule has 2 unspecified atom stereocenters. The van der Waals surface area contributed by atoms with E-state index in [9.17, 15) is 9.59 Å². The maximum absolute atomic E-state index is 12.0. The van der Waals surface area contributed by atoms with E-state index in [2.05, 4.69) is 5.32 Å². The summed E-state index contributed by atoms with van der Waals surface area (Å²) in [5.41, 5.74) is 1.75. The highest BCUT2D eigenvalue weighted by Crippen LogP contribution is 2.17. The van der Waals surface area contributed by atoms with Gasteiger partial charge in [0.15, 0.2) is 12.7 Å². The zero-order chi connectivity index (χ0) is 24.1. The van der Waals surface area contributed by atoms with Crippen LogP contribution in [0.15, 0.2) is 84.9 Å². The predicted octanol–water partition coefficient (Wildman–Crippen LogP) is 4.92. The van der Waals surface area contributed by atoms with Crippen molar-refractivity contribution in [3.63, 3.8) is 0 Å². The number of hydrogen-bond acceptors (Lipinski definition) is 4. The lowest BCUT2D eigenvalue weighted by Crippen LogP contribution is -2.31. The number of hydrogen-bond donors (Lipinski definition) is 2. The maximum Gasteiger partial charge on any atom is 0.333 e. The number of halogens is 1. The number of carbonyl (C=O) groups is 2. The fourth-order valence-corrected chi connectivity index (χ4v) is 2.99. The molecule has 0 saturated carbocycles. The van der Waals surface area contributed by atoms with Crippen LogP contribution in [0.4, 0.5) is 0 Å². The topological polar surface area (TPSA) is 84.9 Å². The molecule has 3 aromatic carbocycles. The first-order valence-electron chi connectivity index (χ1n) is 10.4. The molecule has 3 rings (SSSR count). The second-order valence-electron chi connectivity index (χ2n) is 7.19. The molecule has 0 aliphatic carbocycles. The Labute approximate surface area is 199 Å². The highest BCUT2D eigenvalue weighted by Gasteiger charge is 2.16. The van der Waals surface area contributed by atoms with Crippen molar-refractivity contribution in [1.29, 1.82) is 0 Å². The molecule has 0 bridgehead atoms. The molecule has 0 spiro atoms. The number of carboxylic acid groups (broad SMARTS) is 1. The second-order valence-corrected chi connectivity index (χ2v) is 7.63. The van der Waals surface area contributed by atoms with Gasteiger partial charge in [0, 0.05) is 18.6 Å². The Morgan fingerprint density at radius 3 is 1.97 bits per heavy atom. The molecule has 3 aromatic rings. The highest BCUT2D eigenvalue weighted by molar-refractivity contribution is 6.30. The van der Waals surface area contributed by atoms with Gasteiger partial charge in [0.25, 0.3) is 5.91 Å². The maximum atomic E-state index is 12.0. The summed E-state index contributed by atoms with van der Waals surface area (Å²) in [5.74, 6) is -0.728. The van der Waals surface area contributed by atoms with Gasteiger partial charge >= 0.3 is 5.97 Å². The third-order valence-corrected chi connectivity index (χ3v) is 4.94. The Morgan fingerprint density at radius 1 is 0.939 bits per heavy atom. The van der Waals surface area contributed by atoms with Gasteiger partial charge in [-0.1, -0.05) is 72.3 Å².